The van der Waals surface area contributed by atoms with E-state index in [1.165, 1.54) is 0 Å². The highest BCUT2D eigenvalue weighted by atomic mass is 35.6. The summed E-state index contributed by atoms with van der Waals surface area (Å²) < 4.78 is 19.2. The third-order valence-corrected chi connectivity index (χ3v) is 8.41. The van der Waals surface area contributed by atoms with Gasteiger partial charge < -0.3 is 39.4 Å². The molecule has 2 aromatic carbocycles. The number of amides is 2. The van der Waals surface area contributed by atoms with Gasteiger partial charge in [0.2, 0.25) is 11.6 Å². The number of alkyl halides is 3. The number of carbonyl (C=O) groups is 2. The number of likely N-dealkylation sites (tertiary alicyclic amines) is 2. The van der Waals surface area contributed by atoms with Crippen molar-refractivity contribution in [3.05, 3.63) is 66.6 Å². The molecule has 2 aliphatic rings. The highest BCUT2D eigenvalue weighted by molar-refractivity contribution is 6.66. The van der Waals surface area contributed by atoms with Gasteiger partial charge in [-0.15, -0.1) is 0 Å². The molecule has 0 aliphatic carbocycles. The molecule has 17 heteroatoms. The minimum Gasteiger partial charge on any atom is -0.444 e. The van der Waals surface area contributed by atoms with Crippen molar-refractivity contribution in [2.24, 2.45) is 5.73 Å². The third kappa shape index (κ3) is 13.3. The zero-order valence-electron chi connectivity index (χ0n) is 31.4. The van der Waals surface area contributed by atoms with Crippen LogP contribution in [0.1, 0.15) is 73.1 Å². The second kappa shape index (κ2) is 19.0. The molecule has 2 aromatic heterocycles. The molecule has 6 rings (SSSR count). The quantitative estimate of drug-likeness (QED) is 0.178. The average molecular weight is 808 g/mol. The van der Waals surface area contributed by atoms with Gasteiger partial charge in [0.05, 0.1) is 6.04 Å². The largest absolute Gasteiger partial charge is 0.444 e. The minimum absolute atomic E-state index is 0.0358. The average Bonchev–Trinajstić information content (AvgIpc) is 3.93. The number of carbonyl (C=O) groups excluding carboxylic acids is 2. The summed E-state index contributed by atoms with van der Waals surface area (Å²) in [5.74, 6) is 0.904. The van der Waals surface area contributed by atoms with E-state index in [0.717, 1.165) is 43.4 Å². The van der Waals surface area contributed by atoms with Crippen LogP contribution in [0, 0.1) is 0 Å². The Kier molecular flexibility index (Phi) is 15.0. The molecule has 2 saturated heterocycles. The van der Waals surface area contributed by atoms with Crippen molar-refractivity contribution in [2.45, 2.75) is 94.3 Å². The van der Waals surface area contributed by atoms with Gasteiger partial charge in [-0.05, 0) is 67.2 Å². The molecular formula is C37H49Cl3N8O6. The third-order valence-electron chi connectivity index (χ3n) is 7.93. The molecule has 0 bridgehead atoms. The smallest absolute Gasteiger partial charge is 0.410 e. The first kappa shape index (κ1) is 42.6. The van der Waals surface area contributed by atoms with Crippen LogP contribution in [0.4, 0.5) is 15.6 Å². The van der Waals surface area contributed by atoms with E-state index >= 15 is 0 Å². The van der Waals surface area contributed by atoms with Gasteiger partial charge in [0, 0.05) is 43.3 Å². The fraction of sp³-hybridized carbons (Fsp3) is 0.514. The second-order valence-electron chi connectivity index (χ2n) is 14.6. The van der Waals surface area contributed by atoms with Crippen molar-refractivity contribution < 1.29 is 28.1 Å². The van der Waals surface area contributed by atoms with Crippen LogP contribution in [0.2, 0.25) is 0 Å². The molecule has 2 fully saturated rings. The number of nitrogens with one attached hydrogen (secondary N) is 1. The lowest BCUT2D eigenvalue weighted by molar-refractivity contribution is 0.0222. The first-order valence-electron chi connectivity index (χ1n) is 17.7. The zero-order valence-corrected chi connectivity index (χ0v) is 33.7. The maximum Gasteiger partial charge on any atom is 0.410 e. The summed E-state index contributed by atoms with van der Waals surface area (Å²) in [6.45, 7) is 13.8. The van der Waals surface area contributed by atoms with E-state index in [1.807, 2.05) is 102 Å². The van der Waals surface area contributed by atoms with Gasteiger partial charge in [0.15, 0.2) is 0 Å². The number of benzene rings is 2. The molecule has 0 spiro atoms. The Hall–Kier alpha value is -4.11. The molecular weight excluding hydrogens is 759 g/mol. The Bertz CT molecular complexity index is 1760. The van der Waals surface area contributed by atoms with E-state index in [9.17, 15) is 9.59 Å². The number of rotatable bonds is 6. The first-order valence-corrected chi connectivity index (χ1v) is 18.9. The van der Waals surface area contributed by atoms with Gasteiger partial charge in [-0.2, -0.15) is 9.97 Å². The van der Waals surface area contributed by atoms with Crippen molar-refractivity contribution in [1.82, 2.24) is 30.1 Å². The van der Waals surface area contributed by atoms with Crippen molar-refractivity contribution in [2.75, 3.05) is 31.5 Å². The number of ether oxygens (including phenoxy) is 2. The number of halogens is 3. The molecule has 3 N–H and O–H groups in total. The number of hydrogen-bond donors (Lipinski definition) is 2. The van der Waals surface area contributed by atoms with Gasteiger partial charge in [-0.25, -0.2) is 9.59 Å². The number of anilines is 1. The van der Waals surface area contributed by atoms with Gasteiger partial charge in [0.1, 0.15) is 11.2 Å². The van der Waals surface area contributed by atoms with E-state index in [-0.39, 0.29) is 30.2 Å². The number of nitrogens with two attached hydrogens (primary N) is 1. The Morgan fingerprint density at radius 3 is 1.69 bits per heavy atom. The summed E-state index contributed by atoms with van der Waals surface area (Å²) in [6, 6.07) is 19.5. The van der Waals surface area contributed by atoms with Crippen LogP contribution in [0.15, 0.2) is 69.7 Å². The lowest BCUT2D eigenvalue weighted by Gasteiger charge is -2.28. The highest BCUT2D eigenvalue weighted by Crippen LogP contribution is 2.37. The number of aromatic nitrogens is 4. The molecule has 4 heterocycles. The van der Waals surface area contributed by atoms with Gasteiger partial charge in [-0.3, -0.25) is 0 Å². The van der Waals surface area contributed by atoms with Crippen LogP contribution in [-0.2, 0) is 13.3 Å². The van der Waals surface area contributed by atoms with Crippen LogP contribution in [0.25, 0.3) is 22.8 Å². The molecule has 0 saturated carbocycles. The van der Waals surface area contributed by atoms with Crippen molar-refractivity contribution in [1.29, 1.82) is 0 Å². The summed E-state index contributed by atoms with van der Waals surface area (Å²) in [5, 5.41) is 10.8. The monoisotopic (exact) mass is 806 g/mol. The van der Waals surface area contributed by atoms with E-state index in [1.54, 1.807) is 9.80 Å². The summed E-state index contributed by atoms with van der Waals surface area (Å²) in [6.07, 6.45) is 3.41. The molecule has 0 radical (unpaired) electrons. The van der Waals surface area contributed by atoms with Gasteiger partial charge in [0.25, 0.3) is 9.68 Å². The molecule has 2 unspecified atom stereocenters. The van der Waals surface area contributed by atoms with Crippen LogP contribution >= 0.6 is 34.8 Å². The molecule has 2 aliphatic heterocycles. The highest BCUT2D eigenvalue weighted by Gasteiger charge is 2.33. The van der Waals surface area contributed by atoms with Crippen LogP contribution in [-0.4, -0.2) is 91.7 Å². The minimum atomic E-state index is -1.68. The zero-order chi connectivity index (χ0) is 39.5. The van der Waals surface area contributed by atoms with Crippen molar-refractivity contribution in [3.8, 4) is 22.8 Å². The van der Waals surface area contributed by atoms with Gasteiger partial charge >= 0.3 is 18.2 Å². The van der Waals surface area contributed by atoms with E-state index in [4.69, 9.17) is 59.1 Å². The molecule has 294 valence electrons. The molecule has 2 amide bonds. The van der Waals surface area contributed by atoms with Crippen molar-refractivity contribution in [3.63, 3.8) is 0 Å². The Morgan fingerprint density at radius 2 is 1.22 bits per heavy atom. The number of hydrogen-bond acceptors (Lipinski definition) is 12. The summed E-state index contributed by atoms with van der Waals surface area (Å²) >= 11 is 16.8. The molecule has 4 aromatic rings. The Labute approximate surface area is 331 Å². The summed E-state index contributed by atoms with van der Waals surface area (Å²) in [5.41, 5.74) is 6.37. The van der Waals surface area contributed by atoms with Crippen molar-refractivity contribution >= 4 is 53.0 Å². The van der Waals surface area contributed by atoms with Crippen LogP contribution in [0.3, 0.4) is 0 Å². The summed E-state index contributed by atoms with van der Waals surface area (Å²) in [4.78, 5) is 35.8. The SMILES string of the molecule is CC(C)(C)OC(=O)N1CCCC1CN.CC(C)(C)OC(=O)N1CCCC1CNc1nc(-c2ccccc2)no1.ClC(Cl)(Cl)c1nc(-c2ccccc2)no1. The molecule has 54 heavy (non-hydrogen) atoms. The molecule has 14 nitrogen and oxygen atoms in total. The lowest BCUT2D eigenvalue weighted by Crippen LogP contribution is -2.42. The predicted molar refractivity (Wildman–Crippen MR) is 208 cm³/mol. The maximum atomic E-state index is 12.3. The Balaban J connectivity index is 0.000000193. The first-order chi connectivity index (χ1) is 25.4. The molecule has 2 atom stereocenters. The van der Waals surface area contributed by atoms with Gasteiger partial charge in [-0.1, -0.05) is 106 Å². The standard InChI is InChI=1S/C18H24N4O3.C10H20N2O2.C9H5Cl3N2O/c1-18(2,3)24-17(23)22-11-7-10-14(22)12-19-16-20-15(21-25-16)13-8-5-4-6-9-13;1-10(2,3)14-9(13)12-6-4-5-8(12)7-11;10-9(11,12)8-13-7(14-15-8)6-4-2-1-3-5-6/h4-6,8-9,14H,7,10-12H2,1-3H3,(H,19,20,21);8H,4-7,11H2,1-3H3;1-5H. The maximum absolute atomic E-state index is 12.3. The lowest BCUT2D eigenvalue weighted by atomic mass is 10.2. The Morgan fingerprint density at radius 1 is 0.759 bits per heavy atom. The van der Waals surface area contributed by atoms with Crippen LogP contribution in [0.5, 0.6) is 0 Å². The van der Waals surface area contributed by atoms with E-state index in [0.29, 0.717) is 37.3 Å². The second-order valence-corrected chi connectivity index (χ2v) is 16.9. The van der Waals surface area contributed by atoms with E-state index in [2.05, 4.69) is 25.6 Å². The van der Waals surface area contributed by atoms with E-state index < -0.39 is 15.0 Å². The topological polar surface area (TPSA) is 175 Å². The number of nitrogens with zero attached hydrogens (tertiary/aromatic N) is 6. The van der Waals surface area contributed by atoms with Crippen LogP contribution < -0.4 is 11.1 Å². The normalized spacial score (nSPS) is 17.2. The fourth-order valence-electron chi connectivity index (χ4n) is 5.50. The predicted octanol–water partition coefficient (Wildman–Crippen LogP) is 8.46. The fourth-order valence-corrected chi connectivity index (χ4v) is 5.73. The summed E-state index contributed by atoms with van der Waals surface area (Å²) in [7, 11) is 0.